The van der Waals surface area contributed by atoms with E-state index in [0.29, 0.717) is 17.9 Å². The van der Waals surface area contributed by atoms with Gasteiger partial charge in [-0.3, -0.25) is 18.9 Å². The van der Waals surface area contributed by atoms with Crippen molar-refractivity contribution in [1.29, 1.82) is 0 Å². The van der Waals surface area contributed by atoms with E-state index < -0.39 is 11.2 Å². The molecule has 0 aliphatic carbocycles. The number of hydrazone groups is 1. The molecule has 0 unspecified atom stereocenters. The molecule has 2 heterocycles. The third-order valence-corrected chi connectivity index (χ3v) is 4.92. The van der Waals surface area contributed by atoms with Gasteiger partial charge in [-0.05, 0) is 48.4 Å². The van der Waals surface area contributed by atoms with Gasteiger partial charge in [-0.1, -0.05) is 12.1 Å². The number of aromatic amines is 1. The monoisotopic (exact) mass is 452 g/mol. The highest BCUT2D eigenvalue weighted by Gasteiger charge is 2.17. The van der Waals surface area contributed by atoms with Gasteiger partial charge < -0.3 is 9.84 Å². The van der Waals surface area contributed by atoms with Gasteiger partial charge >= 0.3 is 5.69 Å². The minimum Gasteiger partial charge on any atom is -0.504 e. The number of nitrogens with zero attached hydrogens (tertiary/aromatic N) is 4. The Bertz CT molecular complexity index is 1450. The first-order valence-corrected chi connectivity index (χ1v) is 10.1. The second kappa shape index (κ2) is 8.99. The van der Waals surface area contributed by atoms with Crippen molar-refractivity contribution < 1.29 is 14.2 Å². The Balaban J connectivity index is 1.72. The molecule has 0 amide bonds. The number of anilines is 1. The summed E-state index contributed by atoms with van der Waals surface area (Å²) in [4.78, 5) is 31.2. The number of halogens is 1. The van der Waals surface area contributed by atoms with Crippen molar-refractivity contribution in [2.75, 3.05) is 12.0 Å². The summed E-state index contributed by atoms with van der Waals surface area (Å²) in [5.74, 6) is 0.175. The lowest BCUT2D eigenvalue weighted by atomic mass is 10.2. The van der Waals surface area contributed by atoms with Crippen molar-refractivity contribution in [3.63, 3.8) is 0 Å². The number of aromatic hydroxyl groups is 1. The third kappa shape index (κ3) is 4.47. The molecule has 0 saturated carbocycles. The molecule has 3 N–H and O–H groups in total. The lowest BCUT2D eigenvalue weighted by Gasteiger charge is -2.08. The van der Waals surface area contributed by atoms with Crippen LogP contribution in [-0.2, 0) is 13.6 Å². The molecule has 0 aliphatic rings. The number of phenolic OH excluding ortho intramolecular Hbond substituents is 1. The van der Waals surface area contributed by atoms with Crippen LogP contribution < -0.4 is 21.4 Å². The maximum atomic E-state index is 13.3. The standard InChI is InChI=1S/C22H21FN6O4/c1-3-33-17-10-14(6-9-16(17)30)11-24-27-21-25-19-18(20(31)26-22(32)28(19)2)29(21)12-13-4-7-15(23)8-5-13/h4-11,30H,3,12H2,1-2H3,(H,25,27)(H,26,31,32). The van der Waals surface area contributed by atoms with Crippen molar-refractivity contribution in [1.82, 2.24) is 19.1 Å². The Morgan fingerprint density at radius 2 is 2.00 bits per heavy atom. The molecular formula is C22H21FN6O4. The van der Waals surface area contributed by atoms with Crippen LogP contribution in [-0.4, -0.2) is 37.0 Å². The fraction of sp³-hybridized carbons (Fsp3) is 0.182. The van der Waals surface area contributed by atoms with Crippen molar-refractivity contribution in [3.8, 4) is 11.5 Å². The summed E-state index contributed by atoms with van der Waals surface area (Å²) in [5, 5.41) is 14.0. The van der Waals surface area contributed by atoms with Crippen molar-refractivity contribution >= 4 is 23.3 Å². The second-order valence-electron chi connectivity index (χ2n) is 7.17. The highest BCUT2D eigenvalue weighted by Crippen LogP contribution is 2.26. The minimum atomic E-state index is -0.598. The van der Waals surface area contributed by atoms with Gasteiger partial charge in [0, 0.05) is 7.05 Å². The molecule has 2 aromatic heterocycles. The number of H-pyrrole nitrogens is 1. The largest absolute Gasteiger partial charge is 0.504 e. The lowest BCUT2D eigenvalue weighted by molar-refractivity contribution is 0.318. The number of hydrogen-bond donors (Lipinski definition) is 3. The zero-order chi connectivity index (χ0) is 23.5. The molecule has 170 valence electrons. The summed E-state index contributed by atoms with van der Waals surface area (Å²) in [6, 6.07) is 10.6. The molecule has 0 bridgehead atoms. The van der Waals surface area contributed by atoms with Gasteiger partial charge in [-0.15, -0.1) is 0 Å². The first-order chi connectivity index (χ1) is 15.9. The van der Waals surface area contributed by atoms with Gasteiger partial charge in [0.15, 0.2) is 22.7 Å². The first kappa shape index (κ1) is 21.8. The third-order valence-electron chi connectivity index (χ3n) is 4.92. The van der Waals surface area contributed by atoms with E-state index >= 15 is 0 Å². The first-order valence-electron chi connectivity index (χ1n) is 10.1. The fourth-order valence-corrected chi connectivity index (χ4v) is 3.29. The lowest BCUT2D eigenvalue weighted by Crippen LogP contribution is -2.29. The molecule has 0 atom stereocenters. The SMILES string of the molecule is CCOc1cc(C=NNc2nc3c(c(=O)[nH]c(=O)n3C)n2Cc2ccc(F)cc2)ccc1O. The zero-order valence-corrected chi connectivity index (χ0v) is 17.9. The number of benzene rings is 2. The van der Waals surface area contributed by atoms with E-state index in [1.807, 2.05) is 6.92 Å². The Morgan fingerprint density at radius 1 is 1.24 bits per heavy atom. The van der Waals surface area contributed by atoms with Crippen LogP contribution >= 0.6 is 0 Å². The molecule has 4 aromatic rings. The average molecular weight is 452 g/mol. The molecule has 0 fully saturated rings. The molecule has 11 heteroatoms. The smallest absolute Gasteiger partial charge is 0.329 e. The highest BCUT2D eigenvalue weighted by atomic mass is 19.1. The Labute approximate surface area is 186 Å². The predicted octanol–water partition coefficient (Wildman–Crippen LogP) is 2.16. The minimum absolute atomic E-state index is 0.0168. The molecule has 0 spiro atoms. The summed E-state index contributed by atoms with van der Waals surface area (Å²) in [6.07, 6.45) is 1.49. The van der Waals surface area contributed by atoms with Crippen molar-refractivity contribution in [2.24, 2.45) is 12.1 Å². The van der Waals surface area contributed by atoms with E-state index in [1.54, 1.807) is 28.8 Å². The van der Waals surface area contributed by atoms with Crippen LogP contribution in [0, 0.1) is 5.82 Å². The number of fused-ring (bicyclic) bond motifs is 1. The van der Waals surface area contributed by atoms with Gasteiger partial charge in [0.25, 0.3) is 5.56 Å². The summed E-state index contributed by atoms with van der Waals surface area (Å²) in [6.45, 7) is 2.39. The van der Waals surface area contributed by atoms with E-state index in [4.69, 9.17) is 4.74 Å². The van der Waals surface area contributed by atoms with Crippen LogP contribution in [0.4, 0.5) is 10.3 Å². The van der Waals surface area contributed by atoms with Crippen LogP contribution in [0.5, 0.6) is 11.5 Å². The van der Waals surface area contributed by atoms with Crippen LogP contribution in [0.15, 0.2) is 57.2 Å². The zero-order valence-electron chi connectivity index (χ0n) is 17.9. The highest BCUT2D eigenvalue weighted by molar-refractivity contribution is 5.81. The maximum absolute atomic E-state index is 13.3. The summed E-state index contributed by atoms with van der Waals surface area (Å²) in [5.41, 5.74) is 3.31. The summed E-state index contributed by atoms with van der Waals surface area (Å²) in [7, 11) is 1.49. The van der Waals surface area contributed by atoms with E-state index in [1.165, 1.54) is 36.0 Å². The molecular weight excluding hydrogens is 431 g/mol. The fourth-order valence-electron chi connectivity index (χ4n) is 3.29. The number of ether oxygens (including phenoxy) is 1. The maximum Gasteiger partial charge on any atom is 0.329 e. The number of rotatable bonds is 7. The Kier molecular flexibility index (Phi) is 5.94. The van der Waals surface area contributed by atoms with Gasteiger partial charge in [0.05, 0.1) is 19.4 Å². The predicted molar refractivity (Wildman–Crippen MR) is 122 cm³/mol. The van der Waals surface area contributed by atoms with Gasteiger partial charge in [-0.2, -0.15) is 10.1 Å². The van der Waals surface area contributed by atoms with Crippen LogP contribution in [0.2, 0.25) is 0 Å². The van der Waals surface area contributed by atoms with Crippen molar-refractivity contribution in [2.45, 2.75) is 13.5 Å². The number of aryl methyl sites for hydroxylation is 1. The number of phenols is 1. The van der Waals surface area contributed by atoms with E-state index in [2.05, 4.69) is 20.5 Å². The molecule has 0 saturated heterocycles. The average Bonchev–Trinajstić information content (AvgIpc) is 3.15. The van der Waals surface area contributed by atoms with E-state index in [9.17, 15) is 19.1 Å². The summed E-state index contributed by atoms with van der Waals surface area (Å²) < 4.78 is 21.5. The quantitative estimate of drug-likeness (QED) is 0.291. The molecule has 0 aliphatic heterocycles. The van der Waals surface area contributed by atoms with Gasteiger partial charge in [0.2, 0.25) is 5.95 Å². The topological polar surface area (TPSA) is 127 Å². The normalized spacial score (nSPS) is 11.4. The molecule has 10 nitrogen and oxygen atoms in total. The number of aromatic nitrogens is 4. The number of nitrogens with one attached hydrogen (secondary N) is 2. The van der Waals surface area contributed by atoms with E-state index in [0.717, 1.165) is 5.56 Å². The van der Waals surface area contributed by atoms with E-state index in [-0.39, 0.29) is 35.2 Å². The van der Waals surface area contributed by atoms with Crippen LogP contribution in [0.3, 0.4) is 0 Å². The molecule has 2 aromatic carbocycles. The molecule has 33 heavy (non-hydrogen) atoms. The Hall–Kier alpha value is -4.41. The van der Waals surface area contributed by atoms with Gasteiger partial charge in [0.1, 0.15) is 5.82 Å². The van der Waals surface area contributed by atoms with Crippen LogP contribution in [0.25, 0.3) is 11.2 Å². The second-order valence-corrected chi connectivity index (χ2v) is 7.17. The number of imidazole rings is 1. The number of hydrogen-bond acceptors (Lipinski definition) is 7. The van der Waals surface area contributed by atoms with Gasteiger partial charge in [-0.25, -0.2) is 14.6 Å². The van der Waals surface area contributed by atoms with Crippen LogP contribution in [0.1, 0.15) is 18.1 Å². The Morgan fingerprint density at radius 3 is 2.73 bits per heavy atom. The summed E-state index contributed by atoms with van der Waals surface area (Å²) >= 11 is 0. The molecule has 4 rings (SSSR count). The molecule has 0 radical (unpaired) electrons. The van der Waals surface area contributed by atoms with Crippen molar-refractivity contribution in [3.05, 3.63) is 80.2 Å².